The predicted octanol–water partition coefficient (Wildman–Crippen LogP) is 3.80. The molecule has 0 aromatic heterocycles. The first kappa shape index (κ1) is 19.5. The van der Waals surface area contributed by atoms with Crippen molar-refractivity contribution in [1.82, 2.24) is 5.32 Å². The molecule has 4 rings (SSSR count). The molecule has 29 heavy (non-hydrogen) atoms. The lowest BCUT2D eigenvalue weighted by atomic mass is 9.89. The van der Waals surface area contributed by atoms with E-state index in [0.717, 1.165) is 29.8 Å². The minimum Gasteiger partial charge on any atom is -0.497 e. The van der Waals surface area contributed by atoms with Crippen molar-refractivity contribution in [3.8, 4) is 5.75 Å². The smallest absolute Gasteiger partial charge is 0.227 e. The van der Waals surface area contributed by atoms with Gasteiger partial charge in [0.1, 0.15) is 5.75 Å². The zero-order valence-corrected chi connectivity index (χ0v) is 17.1. The van der Waals surface area contributed by atoms with Gasteiger partial charge in [-0.25, -0.2) is 0 Å². The molecule has 1 N–H and O–H groups in total. The van der Waals surface area contributed by atoms with E-state index < -0.39 is 0 Å². The SMILES string of the molecule is COc1ccc(N2CC(C(=O)NC(C)c3ccc4c(c3)CCCC4)CC2=O)cc1. The third-order valence-corrected chi connectivity index (χ3v) is 6.11. The Morgan fingerprint density at radius 1 is 1.10 bits per heavy atom. The average molecular weight is 392 g/mol. The molecule has 0 bridgehead atoms. The summed E-state index contributed by atoms with van der Waals surface area (Å²) in [5, 5.41) is 3.12. The Morgan fingerprint density at radius 3 is 2.55 bits per heavy atom. The highest BCUT2D eigenvalue weighted by molar-refractivity contribution is 6.00. The summed E-state index contributed by atoms with van der Waals surface area (Å²) >= 11 is 0. The van der Waals surface area contributed by atoms with Crippen molar-refractivity contribution in [3.63, 3.8) is 0 Å². The van der Waals surface area contributed by atoms with Crippen LogP contribution in [-0.4, -0.2) is 25.5 Å². The lowest BCUT2D eigenvalue weighted by molar-refractivity contribution is -0.126. The number of methoxy groups -OCH3 is 1. The van der Waals surface area contributed by atoms with Crippen LogP contribution >= 0.6 is 0 Å². The molecule has 152 valence electrons. The van der Waals surface area contributed by atoms with E-state index in [4.69, 9.17) is 4.74 Å². The van der Waals surface area contributed by atoms with Crippen LogP contribution in [0.25, 0.3) is 0 Å². The number of carbonyl (C=O) groups is 2. The molecule has 2 aliphatic rings. The van der Waals surface area contributed by atoms with Gasteiger partial charge in [0.15, 0.2) is 0 Å². The van der Waals surface area contributed by atoms with Crippen molar-refractivity contribution in [2.24, 2.45) is 5.92 Å². The second-order valence-electron chi connectivity index (χ2n) is 8.07. The molecule has 5 nitrogen and oxygen atoms in total. The van der Waals surface area contributed by atoms with Crippen LogP contribution in [-0.2, 0) is 22.4 Å². The van der Waals surface area contributed by atoms with Gasteiger partial charge in [-0.15, -0.1) is 0 Å². The number of aryl methyl sites for hydroxylation is 2. The summed E-state index contributed by atoms with van der Waals surface area (Å²) in [6.07, 6.45) is 5.02. The first-order valence-electron chi connectivity index (χ1n) is 10.4. The van der Waals surface area contributed by atoms with Gasteiger partial charge in [-0.1, -0.05) is 18.2 Å². The van der Waals surface area contributed by atoms with Gasteiger partial charge in [-0.3, -0.25) is 9.59 Å². The fourth-order valence-electron chi connectivity index (χ4n) is 4.33. The maximum absolute atomic E-state index is 12.8. The highest BCUT2D eigenvalue weighted by atomic mass is 16.5. The highest BCUT2D eigenvalue weighted by Gasteiger charge is 2.35. The van der Waals surface area contributed by atoms with Crippen LogP contribution in [0.3, 0.4) is 0 Å². The first-order valence-corrected chi connectivity index (χ1v) is 10.4. The van der Waals surface area contributed by atoms with E-state index in [-0.39, 0.29) is 30.2 Å². The van der Waals surface area contributed by atoms with Gasteiger partial charge in [0.2, 0.25) is 11.8 Å². The van der Waals surface area contributed by atoms with E-state index in [0.29, 0.717) is 6.54 Å². The van der Waals surface area contributed by atoms with Crippen LogP contribution in [0.5, 0.6) is 5.75 Å². The van der Waals surface area contributed by atoms with Gasteiger partial charge in [-0.05, 0) is 73.6 Å². The molecule has 2 unspecified atom stereocenters. The molecule has 1 fully saturated rings. The Balaban J connectivity index is 1.40. The molecule has 2 amide bonds. The molecule has 1 saturated heterocycles. The summed E-state index contributed by atoms with van der Waals surface area (Å²) in [6.45, 7) is 2.42. The summed E-state index contributed by atoms with van der Waals surface area (Å²) in [7, 11) is 1.61. The van der Waals surface area contributed by atoms with Crippen molar-refractivity contribution >= 4 is 17.5 Å². The quantitative estimate of drug-likeness (QED) is 0.842. The van der Waals surface area contributed by atoms with E-state index in [9.17, 15) is 9.59 Å². The number of ether oxygens (including phenoxy) is 1. The number of anilines is 1. The summed E-state index contributed by atoms with van der Waals surface area (Å²) in [5.41, 5.74) is 4.79. The van der Waals surface area contributed by atoms with Gasteiger partial charge < -0.3 is 15.0 Å². The number of hydrogen-bond acceptors (Lipinski definition) is 3. The third kappa shape index (κ3) is 4.14. The lowest BCUT2D eigenvalue weighted by Gasteiger charge is -2.21. The van der Waals surface area contributed by atoms with Crippen molar-refractivity contribution in [1.29, 1.82) is 0 Å². The van der Waals surface area contributed by atoms with Crippen LogP contribution in [0.1, 0.15) is 48.9 Å². The summed E-state index contributed by atoms with van der Waals surface area (Å²) in [5.74, 6) is 0.342. The Morgan fingerprint density at radius 2 is 1.83 bits per heavy atom. The molecular formula is C24H28N2O3. The fraction of sp³-hybridized carbons (Fsp3) is 0.417. The molecular weight excluding hydrogens is 364 g/mol. The summed E-state index contributed by atoms with van der Waals surface area (Å²) in [6, 6.07) is 13.9. The number of rotatable bonds is 5. The predicted molar refractivity (Wildman–Crippen MR) is 113 cm³/mol. The number of amides is 2. The van der Waals surface area contributed by atoms with Gasteiger partial charge in [0.05, 0.1) is 19.1 Å². The minimum atomic E-state index is -0.329. The normalized spacial score (nSPS) is 19.6. The molecule has 5 heteroatoms. The van der Waals surface area contributed by atoms with E-state index in [1.165, 1.54) is 24.0 Å². The van der Waals surface area contributed by atoms with Gasteiger partial charge >= 0.3 is 0 Å². The zero-order chi connectivity index (χ0) is 20.4. The van der Waals surface area contributed by atoms with E-state index >= 15 is 0 Å². The Kier molecular flexibility index (Phi) is 5.56. The monoisotopic (exact) mass is 392 g/mol. The first-order chi connectivity index (χ1) is 14.0. The fourth-order valence-corrected chi connectivity index (χ4v) is 4.33. The Labute approximate surface area is 172 Å². The van der Waals surface area contributed by atoms with E-state index in [1.54, 1.807) is 12.0 Å². The number of hydrogen-bond donors (Lipinski definition) is 1. The second kappa shape index (κ2) is 8.27. The van der Waals surface area contributed by atoms with Crippen LogP contribution < -0.4 is 15.0 Å². The molecule has 0 radical (unpaired) electrons. The van der Waals surface area contributed by atoms with Crippen molar-refractivity contribution in [2.75, 3.05) is 18.6 Å². The van der Waals surface area contributed by atoms with Crippen LogP contribution in [0.4, 0.5) is 5.69 Å². The van der Waals surface area contributed by atoms with Crippen molar-refractivity contribution in [3.05, 3.63) is 59.2 Å². The second-order valence-corrected chi connectivity index (χ2v) is 8.07. The Hall–Kier alpha value is -2.82. The number of carbonyl (C=O) groups excluding carboxylic acids is 2. The van der Waals surface area contributed by atoms with Crippen LogP contribution in [0.15, 0.2) is 42.5 Å². The molecule has 2 atom stereocenters. The largest absolute Gasteiger partial charge is 0.497 e. The molecule has 2 aromatic rings. The zero-order valence-electron chi connectivity index (χ0n) is 17.1. The van der Waals surface area contributed by atoms with E-state index in [1.807, 2.05) is 31.2 Å². The number of benzene rings is 2. The van der Waals surface area contributed by atoms with Gasteiger partial charge in [-0.2, -0.15) is 0 Å². The standard InChI is InChI=1S/C24H28N2O3/c1-16(18-8-7-17-5-3-4-6-19(17)13-18)25-24(28)20-14-23(27)26(15-20)21-9-11-22(29-2)12-10-21/h7-13,16,20H,3-6,14-15H2,1-2H3,(H,25,28). The molecule has 0 saturated carbocycles. The van der Waals surface area contributed by atoms with Crippen molar-refractivity contribution < 1.29 is 14.3 Å². The molecule has 1 heterocycles. The summed E-state index contributed by atoms with van der Waals surface area (Å²) in [4.78, 5) is 27.0. The molecule has 2 aromatic carbocycles. The minimum absolute atomic E-state index is 0.0169. The number of nitrogens with one attached hydrogen (secondary N) is 1. The third-order valence-electron chi connectivity index (χ3n) is 6.11. The molecule has 0 spiro atoms. The Bertz CT molecular complexity index is 907. The topological polar surface area (TPSA) is 58.6 Å². The van der Waals surface area contributed by atoms with Crippen LogP contribution in [0, 0.1) is 5.92 Å². The van der Waals surface area contributed by atoms with Gasteiger partial charge in [0.25, 0.3) is 0 Å². The maximum atomic E-state index is 12.8. The average Bonchev–Trinajstić information content (AvgIpc) is 3.15. The number of fused-ring (bicyclic) bond motifs is 1. The molecule has 1 aliphatic heterocycles. The number of nitrogens with zero attached hydrogens (tertiary/aromatic N) is 1. The van der Waals surface area contributed by atoms with E-state index in [2.05, 4.69) is 23.5 Å². The maximum Gasteiger partial charge on any atom is 0.227 e. The summed E-state index contributed by atoms with van der Waals surface area (Å²) < 4.78 is 5.17. The lowest BCUT2D eigenvalue weighted by Crippen LogP contribution is -2.34. The molecule has 1 aliphatic carbocycles. The van der Waals surface area contributed by atoms with Gasteiger partial charge in [0, 0.05) is 18.7 Å². The van der Waals surface area contributed by atoms with Crippen LogP contribution in [0.2, 0.25) is 0 Å². The van der Waals surface area contributed by atoms with Crippen molar-refractivity contribution in [2.45, 2.75) is 45.1 Å². The highest BCUT2D eigenvalue weighted by Crippen LogP contribution is 2.28.